The summed E-state index contributed by atoms with van der Waals surface area (Å²) in [6.07, 6.45) is 4.44. The Morgan fingerprint density at radius 2 is 2.30 bits per heavy atom. The highest BCUT2D eigenvalue weighted by atomic mass is 16.2. The summed E-state index contributed by atoms with van der Waals surface area (Å²) in [5.74, 6) is 0.252. The molecule has 10 heavy (non-hydrogen) atoms. The second kappa shape index (κ2) is 1.84. The number of carbonyl (C=O) groups excluding carboxylic acids is 1. The molecule has 0 N–H and O–H groups in total. The molecule has 54 valence electrons. The lowest BCUT2D eigenvalue weighted by atomic mass is 10.3. The molecule has 1 aliphatic carbocycles. The lowest BCUT2D eigenvalue weighted by molar-refractivity contribution is -0.125. The predicted octanol–water partition coefficient (Wildman–Crippen LogP) is 0.937. The molecule has 0 radical (unpaired) electrons. The molecule has 1 fully saturated rings. The van der Waals surface area contributed by atoms with Gasteiger partial charge in [0.25, 0.3) is 0 Å². The Hall–Kier alpha value is -0.790. The van der Waals surface area contributed by atoms with Gasteiger partial charge in [0.05, 0.1) is 0 Å². The molecule has 0 unspecified atom stereocenters. The van der Waals surface area contributed by atoms with Crippen LogP contribution in [0.1, 0.15) is 19.8 Å². The van der Waals surface area contributed by atoms with Crippen molar-refractivity contribution in [2.75, 3.05) is 6.54 Å². The fourth-order valence-corrected chi connectivity index (χ4v) is 1.33. The molecule has 1 saturated carbocycles. The predicted molar refractivity (Wildman–Crippen MR) is 38.5 cm³/mol. The number of carbonyl (C=O) groups is 1. The van der Waals surface area contributed by atoms with Crippen LogP contribution in [0.25, 0.3) is 0 Å². The minimum absolute atomic E-state index is 0.252. The summed E-state index contributed by atoms with van der Waals surface area (Å²) < 4.78 is 0. The molecule has 2 nitrogen and oxygen atoms in total. The normalized spacial score (nSPS) is 25.5. The smallest absolute Gasteiger partial charge is 0.249 e. The second-order valence-electron chi connectivity index (χ2n) is 3.08. The minimum Gasteiger partial charge on any atom is -0.332 e. The minimum atomic E-state index is 0.252. The summed E-state index contributed by atoms with van der Waals surface area (Å²) in [6.45, 7) is 2.75. The summed E-state index contributed by atoms with van der Waals surface area (Å²) in [5, 5.41) is 0. The molecule has 1 heterocycles. The van der Waals surface area contributed by atoms with E-state index in [1.54, 1.807) is 0 Å². The number of hydrogen-bond donors (Lipinski definition) is 0. The van der Waals surface area contributed by atoms with Crippen LogP contribution in [-0.2, 0) is 4.79 Å². The van der Waals surface area contributed by atoms with Crippen LogP contribution in [-0.4, -0.2) is 23.4 Å². The van der Waals surface area contributed by atoms with Gasteiger partial charge in [-0.3, -0.25) is 4.79 Å². The van der Waals surface area contributed by atoms with Crippen molar-refractivity contribution in [1.29, 1.82) is 0 Å². The highest BCUT2D eigenvalue weighted by Gasteiger charge is 2.34. The summed E-state index contributed by atoms with van der Waals surface area (Å²) in [5.41, 5.74) is 0.923. The van der Waals surface area contributed by atoms with E-state index >= 15 is 0 Å². The van der Waals surface area contributed by atoms with Crippen molar-refractivity contribution in [3.63, 3.8) is 0 Å². The molecular weight excluding hydrogens is 126 g/mol. The molecule has 1 aliphatic heterocycles. The Morgan fingerprint density at radius 3 is 2.70 bits per heavy atom. The first-order chi connectivity index (χ1) is 4.79. The van der Waals surface area contributed by atoms with E-state index in [0.717, 1.165) is 12.1 Å². The molecular formula is C8H11NO. The molecule has 0 aromatic carbocycles. The molecule has 0 saturated heterocycles. The van der Waals surface area contributed by atoms with Gasteiger partial charge in [-0.05, 0) is 19.8 Å². The van der Waals surface area contributed by atoms with Crippen molar-refractivity contribution in [3.8, 4) is 0 Å². The van der Waals surface area contributed by atoms with Gasteiger partial charge in [-0.2, -0.15) is 0 Å². The van der Waals surface area contributed by atoms with E-state index in [4.69, 9.17) is 0 Å². The van der Waals surface area contributed by atoms with Crippen LogP contribution in [0.4, 0.5) is 0 Å². The van der Waals surface area contributed by atoms with Crippen molar-refractivity contribution >= 4 is 5.91 Å². The van der Waals surface area contributed by atoms with Gasteiger partial charge in [0.15, 0.2) is 0 Å². The first-order valence-electron chi connectivity index (χ1n) is 3.77. The molecule has 0 atom stereocenters. The number of amides is 1. The Balaban J connectivity index is 2.09. The van der Waals surface area contributed by atoms with Gasteiger partial charge in [-0.1, -0.05) is 6.08 Å². The van der Waals surface area contributed by atoms with Crippen molar-refractivity contribution < 1.29 is 4.79 Å². The summed E-state index contributed by atoms with van der Waals surface area (Å²) in [7, 11) is 0. The van der Waals surface area contributed by atoms with E-state index in [1.165, 1.54) is 12.8 Å². The van der Waals surface area contributed by atoms with E-state index in [-0.39, 0.29) is 5.91 Å². The first-order valence-corrected chi connectivity index (χ1v) is 3.77. The molecule has 0 aromatic heterocycles. The molecule has 0 aromatic rings. The van der Waals surface area contributed by atoms with Crippen LogP contribution >= 0.6 is 0 Å². The van der Waals surface area contributed by atoms with Crippen LogP contribution in [0.15, 0.2) is 11.6 Å². The van der Waals surface area contributed by atoms with Gasteiger partial charge in [0.1, 0.15) is 0 Å². The maximum absolute atomic E-state index is 11.2. The molecule has 0 spiro atoms. The van der Waals surface area contributed by atoms with Crippen LogP contribution in [0.5, 0.6) is 0 Å². The fraction of sp³-hybridized carbons (Fsp3) is 0.625. The highest BCUT2D eigenvalue weighted by Crippen LogP contribution is 2.29. The largest absolute Gasteiger partial charge is 0.332 e. The maximum Gasteiger partial charge on any atom is 0.249 e. The SMILES string of the molecule is CC1=CCN(C2CC2)C1=O. The topological polar surface area (TPSA) is 20.3 Å². The van der Waals surface area contributed by atoms with Crippen molar-refractivity contribution in [1.82, 2.24) is 4.90 Å². The van der Waals surface area contributed by atoms with E-state index in [1.807, 2.05) is 17.9 Å². The average Bonchev–Trinajstić information content (AvgIpc) is 2.67. The number of rotatable bonds is 1. The van der Waals surface area contributed by atoms with Crippen LogP contribution in [0, 0.1) is 0 Å². The van der Waals surface area contributed by atoms with E-state index in [2.05, 4.69) is 0 Å². The molecule has 2 aliphatic rings. The lowest BCUT2D eigenvalue weighted by Gasteiger charge is -2.13. The Morgan fingerprint density at radius 1 is 1.60 bits per heavy atom. The van der Waals surface area contributed by atoms with E-state index < -0.39 is 0 Å². The second-order valence-corrected chi connectivity index (χ2v) is 3.08. The zero-order chi connectivity index (χ0) is 7.14. The van der Waals surface area contributed by atoms with Gasteiger partial charge < -0.3 is 4.90 Å². The highest BCUT2D eigenvalue weighted by molar-refractivity contribution is 5.95. The van der Waals surface area contributed by atoms with Gasteiger partial charge in [0, 0.05) is 18.2 Å². The van der Waals surface area contributed by atoms with Crippen LogP contribution < -0.4 is 0 Å². The number of hydrogen-bond acceptors (Lipinski definition) is 1. The lowest BCUT2D eigenvalue weighted by Crippen LogP contribution is -2.28. The number of nitrogens with zero attached hydrogens (tertiary/aromatic N) is 1. The Bertz CT molecular complexity index is 203. The molecule has 0 bridgehead atoms. The van der Waals surface area contributed by atoms with E-state index in [0.29, 0.717) is 6.04 Å². The van der Waals surface area contributed by atoms with Crippen LogP contribution in [0.3, 0.4) is 0 Å². The average molecular weight is 137 g/mol. The van der Waals surface area contributed by atoms with Crippen molar-refractivity contribution in [2.24, 2.45) is 0 Å². The summed E-state index contributed by atoms with van der Waals surface area (Å²) in [4.78, 5) is 13.2. The fourth-order valence-electron chi connectivity index (χ4n) is 1.33. The first kappa shape index (κ1) is 5.96. The molecule has 2 rings (SSSR count). The van der Waals surface area contributed by atoms with Gasteiger partial charge >= 0.3 is 0 Å². The third-order valence-electron chi connectivity index (χ3n) is 2.18. The zero-order valence-electron chi connectivity index (χ0n) is 6.13. The summed E-state index contributed by atoms with van der Waals surface area (Å²) >= 11 is 0. The van der Waals surface area contributed by atoms with E-state index in [9.17, 15) is 4.79 Å². The van der Waals surface area contributed by atoms with Gasteiger partial charge in [0.2, 0.25) is 5.91 Å². The third kappa shape index (κ3) is 0.753. The van der Waals surface area contributed by atoms with Crippen molar-refractivity contribution in [2.45, 2.75) is 25.8 Å². The van der Waals surface area contributed by atoms with Gasteiger partial charge in [-0.25, -0.2) is 0 Å². The van der Waals surface area contributed by atoms with Crippen molar-refractivity contribution in [3.05, 3.63) is 11.6 Å². The third-order valence-corrected chi connectivity index (χ3v) is 2.18. The van der Waals surface area contributed by atoms with Gasteiger partial charge in [-0.15, -0.1) is 0 Å². The Labute approximate surface area is 60.5 Å². The molecule has 2 heteroatoms. The van der Waals surface area contributed by atoms with Crippen LogP contribution in [0.2, 0.25) is 0 Å². The quantitative estimate of drug-likeness (QED) is 0.526. The maximum atomic E-state index is 11.2. The monoisotopic (exact) mass is 137 g/mol. The standard InChI is InChI=1S/C8H11NO/c1-6-4-5-9(8(6)10)7-2-3-7/h4,7H,2-3,5H2,1H3. The Kier molecular flexibility index (Phi) is 1.10. The molecule has 1 amide bonds. The zero-order valence-corrected chi connectivity index (χ0v) is 6.13. The summed E-state index contributed by atoms with van der Waals surface area (Å²) in [6, 6.07) is 0.584.